The van der Waals surface area contributed by atoms with Crippen molar-refractivity contribution in [3.8, 4) is 66.8 Å². The van der Waals surface area contributed by atoms with Crippen LogP contribution < -0.4 is 0 Å². The van der Waals surface area contributed by atoms with Gasteiger partial charge in [0.15, 0.2) is 0 Å². The van der Waals surface area contributed by atoms with Crippen molar-refractivity contribution in [1.29, 1.82) is 0 Å². The van der Waals surface area contributed by atoms with Crippen LogP contribution in [0.1, 0.15) is 22.3 Å². The van der Waals surface area contributed by atoms with E-state index in [4.69, 9.17) is 0 Å². The van der Waals surface area contributed by atoms with Gasteiger partial charge in [0.2, 0.25) is 0 Å². The monoisotopic (exact) mass is 668 g/mol. The maximum Gasteiger partial charge on any atom is -0.0172 e. The van der Waals surface area contributed by atoms with Crippen LogP contribution in [-0.2, 0) is 0 Å². The Balaban J connectivity index is 0.000000162. The lowest BCUT2D eigenvalue weighted by molar-refractivity contribution is 1.45. The molecule has 0 heterocycles. The Kier molecular flexibility index (Phi) is 10.4. The number of rotatable bonds is 6. The fraction of sp³-hybridized carbons (Fsp3) is 0.0769. The average Bonchev–Trinajstić information content (AvgIpc) is 3.19. The summed E-state index contributed by atoms with van der Waals surface area (Å²) in [6, 6.07) is 70.0. The summed E-state index contributed by atoms with van der Waals surface area (Å²) in [5.41, 5.74) is 20.2. The van der Waals surface area contributed by atoms with E-state index < -0.39 is 0 Å². The van der Waals surface area contributed by atoms with Crippen LogP contribution in [0.5, 0.6) is 0 Å². The molecule has 0 fully saturated rings. The Morgan fingerprint density at radius 3 is 0.750 bits per heavy atom. The van der Waals surface area contributed by atoms with Gasteiger partial charge in [0.1, 0.15) is 0 Å². The fourth-order valence-electron chi connectivity index (χ4n) is 6.66. The second kappa shape index (κ2) is 15.8. The Bertz CT molecular complexity index is 2280. The molecule has 0 nitrogen and oxygen atoms in total. The molecule has 8 aromatic rings. The summed E-state index contributed by atoms with van der Waals surface area (Å²) in [4.78, 5) is 0. The van der Waals surface area contributed by atoms with Crippen molar-refractivity contribution in [2.75, 3.05) is 0 Å². The molecule has 0 unspecified atom stereocenters. The lowest BCUT2D eigenvalue weighted by Gasteiger charge is -2.12. The SMILES string of the molecule is Cc1ccc(-c2cc(-c3ccc(C)cc3)cc(-c3cccc(C)c3)c2)cc1.Cc1cccc(-c2cc(-c3ccccc3)cc(-c3ccccc3)c2)c1. The first kappa shape index (κ1) is 34.2. The van der Waals surface area contributed by atoms with Crippen LogP contribution in [0.15, 0.2) is 194 Å². The standard InChI is InChI=1S/C27H24.C25H20/c1-19-7-11-22(12-8-19)25-16-26(23-13-9-20(2)10-14-23)18-27(17-25)24-6-4-5-21(3)15-24;1-19-9-8-14-22(15-19)25-17-23(20-10-4-2-5-11-20)16-24(18-25)21-12-6-3-7-13-21/h4-18H,1-3H3;2-18H,1H3. The summed E-state index contributed by atoms with van der Waals surface area (Å²) in [5, 5.41) is 0. The summed E-state index contributed by atoms with van der Waals surface area (Å²) in [6.07, 6.45) is 0. The predicted molar refractivity (Wildman–Crippen MR) is 224 cm³/mol. The van der Waals surface area contributed by atoms with E-state index >= 15 is 0 Å². The van der Waals surface area contributed by atoms with E-state index in [1.807, 2.05) is 0 Å². The molecule has 0 aliphatic rings. The van der Waals surface area contributed by atoms with E-state index in [9.17, 15) is 0 Å². The van der Waals surface area contributed by atoms with E-state index in [1.165, 1.54) is 89.0 Å². The molecule has 0 saturated carbocycles. The Morgan fingerprint density at radius 1 is 0.173 bits per heavy atom. The normalized spacial score (nSPS) is 10.7. The molecule has 0 saturated heterocycles. The molecule has 52 heavy (non-hydrogen) atoms. The van der Waals surface area contributed by atoms with Crippen molar-refractivity contribution in [1.82, 2.24) is 0 Å². The molecule has 0 bridgehead atoms. The molecule has 0 spiro atoms. The van der Waals surface area contributed by atoms with Gasteiger partial charge in [-0.05, 0) is 131 Å². The number of hydrogen-bond donors (Lipinski definition) is 0. The highest BCUT2D eigenvalue weighted by Gasteiger charge is 2.09. The third-order valence-electron chi connectivity index (χ3n) is 9.55. The van der Waals surface area contributed by atoms with E-state index in [0.29, 0.717) is 0 Å². The van der Waals surface area contributed by atoms with Gasteiger partial charge in [-0.2, -0.15) is 0 Å². The third kappa shape index (κ3) is 8.37. The zero-order valence-electron chi connectivity index (χ0n) is 30.5. The molecule has 0 aliphatic carbocycles. The van der Waals surface area contributed by atoms with Gasteiger partial charge in [-0.1, -0.05) is 180 Å². The Hall–Kier alpha value is -6.24. The van der Waals surface area contributed by atoms with Gasteiger partial charge in [0, 0.05) is 0 Å². The number of aryl methyl sites for hydroxylation is 4. The highest BCUT2D eigenvalue weighted by molar-refractivity contribution is 5.83. The van der Waals surface area contributed by atoms with E-state index in [0.717, 1.165) is 0 Å². The van der Waals surface area contributed by atoms with Gasteiger partial charge >= 0.3 is 0 Å². The van der Waals surface area contributed by atoms with Crippen LogP contribution in [0.3, 0.4) is 0 Å². The Labute approximate surface area is 309 Å². The maximum absolute atomic E-state index is 2.30. The molecular formula is C52H44. The van der Waals surface area contributed by atoms with Gasteiger partial charge in [0.25, 0.3) is 0 Å². The van der Waals surface area contributed by atoms with Crippen LogP contribution in [0.4, 0.5) is 0 Å². The topological polar surface area (TPSA) is 0 Å². The van der Waals surface area contributed by atoms with Crippen LogP contribution in [0.25, 0.3) is 66.8 Å². The lowest BCUT2D eigenvalue weighted by Crippen LogP contribution is -1.87. The molecule has 0 atom stereocenters. The van der Waals surface area contributed by atoms with Crippen molar-refractivity contribution in [3.63, 3.8) is 0 Å². The molecule has 252 valence electrons. The molecule has 8 aromatic carbocycles. The van der Waals surface area contributed by atoms with Crippen LogP contribution in [0.2, 0.25) is 0 Å². The quantitative estimate of drug-likeness (QED) is 0.165. The van der Waals surface area contributed by atoms with Crippen molar-refractivity contribution >= 4 is 0 Å². The van der Waals surface area contributed by atoms with E-state index in [1.54, 1.807) is 0 Å². The summed E-state index contributed by atoms with van der Waals surface area (Å²) in [7, 11) is 0. The smallest absolute Gasteiger partial charge is 0.0172 e. The molecule has 0 aromatic heterocycles. The first-order chi connectivity index (χ1) is 25.4. The molecule has 0 amide bonds. The van der Waals surface area contributed by atoms with Crippen molar-refractivity contribution in [2.24, 2.45) is 0 Å². The van der Waals surface area contributed by atoms with Gasteiger partial charge < -0.3 is 0 Å². The zero-order valence-corrected chi connectivity index (χ0v) is 30.5. The summed E-state index contributed by atoms with van der Waals surface area (Å²) >= 11 is 0. The summed E-state index contributed by atoms with van der Waals surface area (Å²) in [5.74, 6) is 0. The Morgan fingerprint density at radius 2 is 0.442 bits per heavy atom. The van der Waals surface area contributed by atoms with Crippen molar-refractivity contribution in [3.05, 3.63) is 216 Å². The molecule has 0 aliphatic heterocycles. The second-order valence-electron chi connectivity index (χ2n) is 13.8. The highest BCUT2D eigenvalue weighted by Crippen LogP contribution is 2.35. The molecule has 8 rings (SSSR count). The van der Waals surface area contributed by atoms with Gasteiger partial charge in [-0.3, -0.25) is 0 Å². The maximum atomic E-state index is 2.30. The first-order valence-corrected chi connectivity index (χ1v) is 18.1. The zero-order chi connectivity index (χ0) is 35.9. The van der Waals surface area contributed by atoms with Crippen molar-refractivity contribution < 1.29 is 0 Å². The molecule has 0 radical (unpaired) electrons. The van der Waals surface area contributed by atoms with Crippen LogP contribution >= 0.6 is 0 Å². The number of hydrogen-bond acceptors (Lipinski definition) is 0. The molecule has 0 N–H and O–H groups in total. The van der Waals surface area contributed by atoms with Gasteiger partial charge in [0.05, 0.1) is 0 Å². The van der Waals surface area contributed by atoms with Gasteiger partial charge in [-0.15, -0.1) is 0 Å². The second-order valence-corrected chi connectivity index (χ2v) is 13.8. The average molecular weight is 669 g/mol. The minimum atomic E-state index is 1.24. The highest BCUT2D eigenvalue weighted by atomic mass is 14.1. The third-order valence-corrected chi connectivity index (χ3v) is 9.55. The molecule has 0 heteroatoms. The van der Waals surface area contributed by atoms with E-state index in [-0.39, 0.29) is 0 Å². The largest absolute Gasteiger partial charge is 0.0622 e. The minimum Gasteiger partial charge on any atom is -0.0622 e. The van der Waals surface area contributed by atoms with Crippen LogP contribution in [-0.4, -0.2) is 0 Å². The van der Waals surface area contributed by atoms with Gasteiger partial charge in [-0.25, -0.2) is 0 Å². The lowest BCUT2D eigenvalue weighted by atomic mass is 9.92. The minimum absolute atomic E-state index is 1.24. The van der Waals surface area contributed by atoms with Crippen molar-refractivity contribution in [2.45, 2.75) is 27.7 Å². The first-order valence-electron chi connectivity index (χ1n) is 18.1. The predicted octanol–water partition coefficient (Wildman–Crippen LogP) is 14.6. The van der Waals surface area contributed by atoms with E-state index in [2.05, 4.69) is 222 Å². The molecular weight excluding hydrogens is 625 g/mol. The summed E-state index contributed by atoms with van der Waals surface area (Å²) < 4.78 is 0. The van der Waals surface area contributed by atoms with Crippen LogP contribution in [0, 0.1) is 27.7 Å². The number of benzene rings is 8. The fourth-order valence-corrected chi connectivity index (χ4v) is 6.66. The summed E-state index contributed by atoms with van der Waals surface area (Å²) in [6.45, 7) is 8.55.